The molecule has 1 N–H and O–H groups in total. The number of imide groups is 1. The van der Waals surface area contributed by atoms with Crippen molar-refractivity contribution in [2.24, 2.45) is 0 Å². The summed E-state index contributed by atoms with van der Waals surface area (Å²) < 4.78 is 12.4. The zero-order chi connectivity index (χ0) is 7.72. The second-order valence-corrected chi connectivity index (χ2v) is 2.14. The molecule has 0 bridgehead atoms. The third-order valence-corrected chi connectivity index (χ3v) is 1.30. The van der Waals surface area contributed by atoms with Crippen molar-refractivity contribution in [2.75, 3.05) is 13.6 Å². The molecular weight excluding hydrogens is 139 g/mol. The monoisotopic (exact) mass is 146 g/mol. The highest BCUT2D eigenvalue weighted by molar-refractivity contribution is 5.98. The van der Waals surface area contributed by atoms with Gasteiger partial charge in [-0.05, 0) is 0 Å². The van der Waals surface area contributed by atoms with E-state index in [4.69, 9.17) is 0 Å². The van der Waals surface area contributed by atoms with Gasteiger partial charge in [-0.3, -0.25) is 10.1 Å². The lowest BCUT2D eigenvalue weighted by molar-refractivity contribution is -0.126. The smallest absolute Gasteiger partial charge is 0.323 e. The maximum atomic E-state index is 12.4. The van der Waals surface area contributed by atoms with E-state index in [1.165, 1.54) is 7.05 Å². The number of urea groups is 1. The van der Waals surface area contributed by atoms with Gasteiger partial charge in [-0.25, -0.2) is 9.18 Å². The van der Waals surface area contributed by atoms with Gasteiger partial charge in [0.2, 0.25) is 0 Å². The molecule has 1 heterocycles. The number of carbonyl (C=O) groups is 2. The van der Waals surface area contributed by atoms with Crippen LogP contribution in [0.2, 0.25) is 0 Å². The number of nitrogens with one attached hydrogen (secondary N) is 1. The van der Waals surface area contributed by atoms with Crippen LogP contribution in [-0.2, 0) is 4.79 Å². The van der Waals surface area contributed by atoms with Crippen LogP contribution in [0, 0.1) is 0 Å². The molecule has 0 aliphatic carbocycles. The quantitative estimate of drug-likeness (QED) is 0.501. The molecule has 1 fully saturated rings. The summed E-state index contributed by atoms with van der Waals surface area (Å²) in [5, 5.41) is 1.85. The van der Waals surface area contributed by atoms with E-state index in [9.17, 15) is 14.0 Å². The topological polar surface area (TPSA) is 49.4 Å². The number of amides is 3. The Hall–Kier alpha value is -1.13. The Morgan fingerprint density at radius 1 is 1.70 bits per heavy atom. The number of carbonyl (C=O) groups excluding carboxylic acids is 2. The average molecular weight is 146 g/mol. The molecule has 1 rings (SSSR count). The van der Waals surface area contributed by atoms with Gasteiger partial charge in [0.1, 0.15) is 0 Å². The van der Waals surface area contributed by atoms with Crippen LogP contribution in [0.5, 0.6) is 0 Å². The molecule has 0 radical (unpaired) electrons. The first-order chi connectivity index (χ1) is 4.61. The van der Waals surface area contributed by atoms with Gasteiger partial charge in [0.25, 0.3) is 5.91 Å². The molecule has 0 aromatic carbocycles. The molecule has 1 unspecified atom stereocenters. The fraction of sp³-hybridized carbons (Fsp3) is 0.600. The Morgan fingerprint density at radius 3 is 2.80 bits per heavy atom. The van der Waals surface area contributed by atoms with Crippen LogP contribution in [0.4, 0.5) is 9.18 Å². The SMILES string of the molecule is CN1CC(F)C(=O)NC1=O. The van der Waals surface area contributed by atoms with Crippen LogP contribution in [-0.4, -0.2) is 36.6 Å². The van der Waals surface area contributed by atoms with Crippen LogP contribution in [0.15, 0.2) is 0 Å². The van der Waals surface area contributed by atoms with Crippen LogP contribution < -0.4 is 5.32 Å². The predicted molar refractivity (Wildman–Crippen MR) is 31.1 cm³/mol. The summed E-state index contributed by atoms with van der Waals surface area (Å²) in [7, 11) is 1.42. The first-order valence-corrected chi connectivity index (χ1v) is 2.81. The summed E-state index contributed by atoms with van der Waals surface area (Å²) in [6.07, 6.45) is -1.58. The summed E-state index contributed by atoms with van der Waals surface area (Å²) in [6, 6.07) is -0.543. The summed E-state index contributed by atoms with van der Waals surface area (Å²) >= 11 is 0. The fourth-order valence-corrected chi connectivity index (χ4v) is 0.685. The third-order valence-electron chi connectivity index (χ3n) is 1.30. The molecular formula is C5H7FN2O2. The van der Waals surface area contributed by atoms with Gasteiger partial charge in [0, 0.05) is 7.05 Å². The van der Waals surface area contributed by atoms with Crippen molar-refractivity contribution in [3.05, 3.63) is 0 Å². The molecule has 5 heteroatoms. The summed E-state index contributed by atoms with van der Waals surface area (Å²) in [5.41, 5.74) is 0. The standard InChI is InChI=1S/C5H7FN2O2/c1-8-2-3(6)4(9)7-5(8)10/h3H,2H2,1H3,(H,7,9,10). The lowest BCUT2D eigenvalue weighted by atomic mass is 10.3. The second-order valence-electron chi connectivity index (χ2n) is 2.14. The fourth-order valence-electron chi connectivity index (χ4n) is 0.685. The zero-order valence-electron chi connectivity index (χ0n) is 5.43. The highest BCUT2D eigenvalue weighted by Crippen LogP contribution is 2.00. The van der Waals surface area contributed by atoms with Gasteiger partial charge >= 0.3 is 6.03 Å². The van der Waals surface area contributed by atoms with Crippen molar-refractivity contribution in [1.82, 2.24) is 10.2 Å². The number of hydrogen-bond donors (Lipinski definition) is 1. The van der Waals surface area contributed by atoms with Crippen LogP contribution >= 0.6 is 0 Å². The highest BCUT2D eigenvalue weighted by atomic mass is 19.1. The van der Waals surface area contributed by atoms with E-state index >= 15 is 0 Å². The van der Waals surface area contributed by atoms with E-state index in [1.54, 1.807) is 0 Å². The Balaban J connectivity index is 2.63. The molecule has 0 saturated carbocycles. The van der Waals surface area contributed by atoms with Gasteiger partial charge in [0.05, 0.1) is 6.54 Å². The van der Waals surface area contributed by atoms with Crippen molar-refractivity contribution in [3.8, 4) is 0 Å². The lowest BCUT2D eigenvalue weighted by Crippen LogP contribution is -2.53. The summed E-state index contributed by atoms with van der Waals surface area (Å²) in [6.45, 7) is -0.148. The molecule has 1 saturated heterocycles. The number of alkyl halides is 1. The highest BCUT2D eigenvalue weighted by Gasteiger charge is 2.29. The molecule has 0 aromatic rings. The zero-order valence-corrected chi connectivity index (χ0v) is 5.43. The number of hydrogen-bond acceptors (Lipinski definition) is 2. The second kappa shape index (κ2) is 2.24. The number of halogens is 1. The van der Waals surface area contributed by atoms with Gasteiger partial charge in [-0.1, -0.05) is 0 Å². The molecule has 56 valence electrons. The first kappa shape index (κ1) is 6.98. The van der Waals surface area contributed by atoms with Gasteiger partial charge in [-0.2, -0.15) is 0 Å². The third kappa shape index (κ3) is 1.07. The maximum Gasteiger partial charge on any atom is 0.323 e. The van der Waals surface area contributed by atoms with Crippen molar-refractivity contribution in [1.29, 1.82) is 0 Å². The van der Waals surface area contributed by atoms with Gasteiger partial charge < -0.3 is 4.90 Å². The van der Waals surface area contributed by atoms with Gasteiger partial charge in [-0.15, -0.1) is 0 Å². The minimum absolute atomic E-state index is 0.148. The van der Waals surface area contributed by atoms with Crippen molar-refractivity contribution >= 4 is 11.9 Å². The van der Waals surface area contributed by atoms with E-state index < -0.39 is 18.1 Å². The van der Waals surface area contributed by atoms with Crippen molar-refractivity contribution < 1.29 is 14.0 Å². The van der Waals surface area contributed by atoms with Crippen LogP contribution in [0.3, 0.4) is 0 Å². The first-order valence-electron chi connectivity index (χ1n) is 2.81. The van der Waals surface area contributed by atoms with E-state index in [0.29, 0.717) is 0 Å². The maximum absolute atomic E-state index is 12.4. The van der Waals surface area contributed by atoms with Gasteiger partial charge in [0.15, 0.2) is 6.17 Å². The molecule has 0 aromatic heterocycles. The van der Waals surface area contributed by atoms with E-state index in [1.807, 2.05) is 5.32 Å². The Kier molecular flexibility index (Phi) is 1.57. The summed E-state index contributed by atoms with van der Waals surface area (Å²) in [4.78, 5) is 22.1. The van der Waals surface area contributed by atoms with Crippen molar-refractivity contribution in [2.45, 2.75) is 6.17 Å². The van der Waals surface area contributed by atoms with E-state index in [0.717, 1.165) is 4.90 Å². The molecule has 10 heavy (non-hydrogen) atoms. The minimum Gasteiger partial charge on any atom is -0.324 e. The number of rotatable bonds is 0. The van der Waals surface area contributed by atoms with E-state index in [2.05, 4.69) is 0 Å². The number of nitrogens with zero attached hydrogens (tertiary/aromatic N) is 1. The van der Waals surface area contributed by atoms with Crippen molar-refractivity contribution in [3.63, 3.8) is 0 Å². The average Bonchev–Trinajstić information content (AvgIpc) is 1.84. The molecule has 1 aliphatic rings. The van der Waals surface area contributed by atoms with Crippen LogP contribution in [0.25, 0.3) is 0 Å². The Labute approximate surface area is 57.0 Å². The molecule has 3 amide bonds. The predicted octanol–water partition coefficient (Wildman–Crippen LogP) is -0.494. The van der Waals surface area contributed by atoms with E-state index in [-0.39, 0.29) is 6.54 Å². The largest absolute Gasteiger partial charge is 0.324 e. The molecule has 1 aliphatic heterocycles. The van der Waals surface area contributed by atoms with Crippen LogP contribution in [0.1, 0.15) is 0 Å². The summed E-state index contributed by atoms with van der Waals surface area (Å²) in [5.74, 6) is -0.844. The Morgan fingerprint density at radius 2 is 2.30 bits per heavy atom. The molecule has 4 nitrogen and oxygen atoms in total. The Bertz CT molecular complexity index is 164. The molecule has 0 spiro atoms. The lowest BCUT2D eigenvalue weighted by Gasteiger charge is -2.24. The molecule has 1 atom stereocenters. The normalized spacial score (nSPS) is 26.6. The minimum atomic E-state index is -1.58.